The van der Waals surface area contributed by atoms with E-state index < -0.39 is 0 Å². The molecule has 2 aliphatic heterocycles. The standard InChI is InChI=1S/C14H20N4O2S/c1-8-16-17-14(21-8)18-6-11(13(19)15-9-2-3-9)10-4-5-20-12(10)7-18/h9-12H,2-7H2,1H3,(H,15,19)/t10-,11-,12+/m1/s1. The summed E-state index contributed by atoms with van der Waals surface area (Å²) in [6, 6.07) is 0.414. The number of amides is 1. The lowest BCUT2D eigenvalue weighted by atomic mass is 9.82. The maximum absolute atomic E-state index is 12.5. The first kappa shape index (κ1) is 13.5. The number of anilines is 1. The zero-order valence-electron chi connectivity index (χ0n) is 12.1. The summed E-state index contributed by atoms with van der Waals surface area (Å²) in [4.78, 5) is 14.7. The number of nitrogens with one attached hydrogen (secondary N) is 1. The summed E-state index contributed by atoms with van der Waals surface area (Å²) in [6.45, 7) is 4.28. The number of hydrogen-bond acceptors (Lipinski definition) is 6. The minimum atomic E-state index is 0.0102. The van der Waals surface area contributed by atoms with Gasteiger partial charge in [0.05, 0.1) is 12.0 Å². The van der Waals surface area contributed by atoms with Crippen LogP contribution in [0.25, 0.3) is 0 Å². The summed E-state index contributed by atoms with van der Waals surface area (Å²) in [5, 5.41) is 13.3. The van der Waals surface area contributed by atoms with E-state index in [1.54, 1.807) is 11.3 Å². The van der Waals surface area contributed by atoms with Gasteiger partial charge >= 0.3 is 0 Å². The minimum Gasteiger partial charge on any atom is -0.376 e. The van der Waals surface area contributed by atoms with Crippen molar-refractivity contribution in [3.05, 3.63) is 5.01 Å². The number of fused-ring (bicyclic) bond motifs is 1. The van der Waals surface area contributed by atoms with Crippen molar-refractivity contribution in [3.63, 3.8) is 0 Å². The fraction of sp³-hybridized carbons (Fsp3) is 0.786. The molecule has 21 heavy (non-hydrogen) atoms. The summed E-state index contributed by atoms with van der Waals surface area (Å²) in [5.74, 6) is 0.564. The van der Waals surface area contributed by atoms with Crippen molar-refractivity contribution >= 4 is 22.4 Å². The molecule has 114 valence electrons. The van der Waals surface area contributed by atoms with Gasteiger partial charge in [-0.3, -0.25) is 4.79 Å². The average molecular weight is 308 g/mol. The first-order valence-electron chi connectivity index (χ1n) is 7.68. The molecule has 1 amide bonds. The largest absolute Gasteiger partial charge is 0.376 e. The highest BCUT2D eigenvalue weighted by Crippen LogP contribution is 2.37. The molecule has 3 aliphatic rings. The van der Waals surface area contributed by atoms with E-state index in [1.807, 2.05) is 6.92 Å². The molecule has 3 heterocycles. The molecule has 0 radical (unpaired) electrons. The van der Waals surface area contributed by atoms with Crippen LogP contribution in [0.4, 0.5) is 5.13 Å². The first-order valence-corrected chi connectivity index (χ1v) is 8.49. The predicted molar refractivity (Wildman–Crippen MR) is 79.4 cm³/mol. The van der Waals surface area contributed by atoms with Crippen LogP contribution in [0.3, 0.4) is 0 Å². The fourth-order valence-electron chi connectivity index (χ4n) is 3.36. The molecule has 1 aromatic rings. The predicted octanol–water partition coefficient (Wildman–Crippen LogP) is 0.966. The number of rotatable bonds is 3. The zero-order chi connectivity index (χ0) is 14.4. The Morgan fingerprint density at radius 1 is 1.33 bits per heavy atom. The third-order valence-electron chi connectivity index (χ3n) is 4.64. The quantitative estimate of drug-likeness (QED) is 0.901. The molecule has 2 saturated heterocycles. The number of piperidine rings is 1. The van der Waals surface area contributed by atoms with Gasteiger partial charge in [-0.25, -0.2) is 0 Å². The maximum atomic E-state index is 12.5. The molecule has 0 unspecified atom stereocenters. The van der Waals surface area contributed by atoms with Crippen molar-refractivity contribution in [2.24, 2.45) is 11.8 Å². The Morgan fingerprint density at radius 3 is 2.90 bits per heavy atom. The second-order valence-electron chi connectivity index (χ2n) is 6.26. The zero-order valence-corrected chi connectivity index (χ0v) is 12.9. The van der Waals surface area contributed by atoms with E-state index in [-0.39, 0.29) is 17.9 Å². The summed E-state index contributed by atoms with van der Waals surface area (Å²) in [6.07, 6.45) is 3.40. The molecule has 0 bridgehead atoms. The van der Waals surface area contributed by atoms with Crippen LogP contribution >= 0.6 is 11.3 Å². The Balaban J connectivity index is 1.53. The van der Waals surface area contributed by atoms with Crippen LogP contribution in [0.2, 0.25) is 0 Å². The van der Waals surface area contributed by atoms with Gasteiger partial charge < -0.3 is 15.0 Å². The Kier molecular flexibility index (Phi) is 3.34. The smallest absolute Gasteiger partial charge is 0.225 e. The summed E-state index contributed by atoms with van der Waals surface area (Å²) < 4.78 is 5.85. The summed E-state index contributed by atoms with van der Waals surface area (Å²) in [7, 11) is 0. The second kappa shape index (κ2) is 5.21. The Labute approximate surface area is 127 Å². The van der Waals surface area contributed by atoms with Gasteiger partial charge in [0.2, 0.25) is 11.0 Å². The van der Waals surface area contributed by atoms with Gasteiger partial charge in [-0.15, -0.1) is 10.2 Å². The van der Waals surface area contributed by atoms with Gasteiger partial charge in [-0.2, -0.15) is 0 Å². The first-order chi connectivity index (χ1) is 10.2. The molecular weight excluding hydrogens is 288 g/mol. The summed E-state index contributed by atoms with van der Waals surface area (Å²) >= 11 is 1.58. The van der Waals surface area contributed by atoms with Crippen molar-refractivity contribution < 1.29 is 9.53 Å². The SMILES string of the molecule is Cc1nnc(N2C[C@@H]3OCC[C@@H]3[C@H](C(=O)NC3CC3)C2)s1. The van der Waals surface area contributed by atoms with Crippen molar-refractivity contribution in [1.82, 2.24) is 15.5 Å². The van der Waals surface area contributed by atoms with Crippen molar-refractivity contribution in [1.29, 1.82) is 0 Å². The maximum Gasteiger partial charge on any atom is 0.225 e. The topological polar surface area (TPSA) is 67.3 Å². The number of hydrogen-bond donors (Lipinski definition) is 1. The van der Waals surface area contributed by atoms with E-state index in [0.717, 1.165) is 49.1 Å². The van der Waals surface area contributed by atoms with Gasteiger partial charge in [-0.05, 0) is 26.2 Å². The van der Waals surface area contributed by atoms with Crippen LogP contribution in [-0.2, 0) is 9.53 Å². The molecule has 3 atom stereocenters. The Morgan fingerprint density at radius 2 is 2.19 bits per heavy atom. The molecular formula is C14H20N4O2S. The van der Waals surface area contributed by atoms with Gasteiger partial charge in [0.1, 0.15) is 5.01 Å². The third-order valence-corrected chi connectivity index (χ3v) is 5.54. The molecule has 7 heteroatoms. The van der Waals surface area contributed by atoms with Gasteiger partial charge in [0.25, 0.3) is 0 Å². The van der Waals surface area contributed by atoms with E-state index >= 15 is 0 Å². The highest BCUT2D eigenvalue weighted by molar-refractivity contribution is 7.15. The number of nitrogens with zero attached hydrogens (tertiary/aromatic N) is 3. The molecule has 6 nitrogen and oxygen atoms in total. The molecule has 0 aromatic carbocycles. The number of ether oxygens (including phenoxy) is 1. The lowest BCUT2D eigenvalue weighted by molar-refractivity contribution is -0.128. The monoisotopic (exact) mass is 308 g/mol. The normalized spacial score (nSPS) is 32.0. The van der Waals surface area contributed by atoms with Gasteiger partial charge in [0.15, 0.2) is 0 Å². The molecule has 4 rings (SSSR count). The lowest BCUT2D eigenvalue weighted by Gasteiger charge is -2.39. The van der Waals surface area contributed by atoms with Crippen molar-refractivity contribution in [2.75, 3.05) is 24.6 Å². The van der Waals surface area contributed by atoms with E-state index in [2.05, 4.69) is 20.4 Å². The average Bonchev–Trinajstić information content (AvgIpc) is 2.99. The van der Waals surface area contributed by atoms with Gasteiger partial charge in [-0.1, -0.05) is 11.3 Å². The number of aryl methyl sites for hydroxylation is 1. The molecule has 0 spiro atoms. The highest BCUT2D eigenvalue weighted by atomic mass is 32.1. The highest BCUT2D eigenvalue weighted by Gasteiger charge is 2.45. The van der Waals surface area contributed by atoms with E-state index in [4.69, 9.17) is 4.74 Å². The fourth-order valence-corrected chi connectivity index (χ4v) is 4.07. The molecule has 1 N–H and O–H groups in total. The Bertz CT molecular complexity index is 545. The molecule has 1 saturated carbocycles. The number of carbonyl (C=O) groups is 1. The van der Waals surface area contributed by atoms with Crippen molar-refractivity contribution in [3.8, 4) is 0 Å². The second-order valence-corrected chi connectivity index (χ2v) is 7.42. The van der Waals surface area contributed by atoms with E-state index in [0.29, 0.717) is 12.0 Å². The van der Waals surface area contributed by atoms with E-state index in [9.17, 15) is 4.79 Å². The van der Waals surface area contributed by atoms with Crippen molar-refractivity contribution in [2.45, 2.75) is 38.3 Å². The van der Waals surface area contributed by atoms with Crippen LogP contribution in [0.1, 0.15) is 24.3 Å². The van der Waals surface area contributed by atoms with Crippen LogP contribution in [0, 0.1) is 18.8 Å². The number of aromatic nitrogens is 2. The summed E-state index contributed by atoms with van der Waals surface area (Å²) in [5.41, 5.74) is 0. The lowest BCUT2D eigenvalue weighted by Crippen LogP contribution is -2.53. The minimum absolute atomic E-state index is 0.0102. The molecule has 1 aliphatic carbocycles. The Hall–Kier alpha value is -1.21. The molecule has 1 aromatic heterocycles. The van der Waals surface area contributed by atoms with Crippen LogP contribution in [0.5, 0.6) is 0 Å². The third kappa shape index (κ3) is 2.64. The van der Waals surface area contributed by atoms with E-state index in [1.165, 1.54) is 0 Å². The molecule has 3 fully saturated rings. The number of carbonyl (C=O) groups excluding carboxylic acids is 1. The van der Waals surface area contributed by atoms with Crippen LogP contribution in [-0.4, -0.2) is 47.9 Å². The van der Waals surface area contributed by atoms with Gasteiger partial charge in [0, 0.05) is 31.7 Å². The van der Waals surface area contributed by atoms with Crippen LogP contribution < -0.4 is 10.2 Å². The van der Waals surface area contributed by atoms with Crippen LogP contribution in [0.15, 0.2) is 0 Å².